The maximum Gasteiger partial charge on any atom is 0.517 e. The molecular formula is C36H39N3O6. The number of hydrogen-bond acceptors (Lipinski definition) is 8. The highest BCUT2D eigenvalue weighted by Crippen LogP contribution is 2.44. The zero-order valence-electron chi connectivity index (χ0n) is 24.9. The third kappa shape index (κ3) is 7.95. The summed E-state index contributed by atoms with van der Waals surface area (Å²) < 4.78 is 10.4. The number of amides is 1. The van der Waals surface area contributed by atoms with E-state index in [-0.39, 0.29) is 31.8 Å². The van der Waals surface area contributed by atoms with Gasteiger partial charge >= 0.3 is 12.2 Å². The third-order valence-electron chi connectivity index (χ3n) is 8.37. The Kier molecular flexibility index (Phi) is 10.6. The first-order valence-corrected chi connectivity index (χ1v) is 15.1. The van der Waals surface area contributed by atoms with Crippen LogP contribution >= 0.6 is 0 Å². The molecule has 0 fully saturated rings. The van der Waals surface area contributed by atoms with E-state index < -0.39 is 36.5 Å². The van der Waals surface area contributed by atoms with E-state index in [1.807, 2.05) is 109 Å². The Hall–Kier alpha value is -4.54. The van der Waals surface area contributed by atoms with Crippen molar-refractivity contribution < 1.29 is 29.3 Å². The highest BCUT2D eigenvalue weighted by molar-refractivity contribution is 5.81. The van der Waals surface area contributed by atoms with Crippen LogP contribution in [0.25, 0.3) is 11.1 Å². The molecule has 5 rings (SSSR count). The van der Waals surface area contributed by atoms with Crippen LogP contribution in [-0.4, -0.2) is 58.4 Å². The summed E-state index contributed by atoms with van der Waals surface area (Å²) in [6.45, 7) is -0.0259. The molecule has 0 aromatic heterocycles. The Bertz CT molecular complexity index is 1520. The summed E-state index contributed by atoms with van der Waals surface area (Å²) in [5, 5.41) is 22.6. The van der Waals surface area contributed by atoms with E-state index in [1.165, 1.54) is 0 Å². The molecule has 4 aromatic rings. The molecule has 234 valence electrons. The number of nitrogens with zero attached hydrogens (tertiary/aromatic N) is 1. The van der Waals surface area contributed by atoms with E-state index in [1.54, 1.807) is 0 Å². The minimum atomic E-state index is -1.19. The SMILES string of the molecule is NC(Cc1ccccc1)C(O)CCC(O)C(Cc1ccccc1)N(N)C(=O)OC(=O)OCC1c2ccccc2-c2ccccc21. The summed E-state index contributed by atoms with van der Waals surface area (Å²) >= 11 is 0. The van der Waals surface area contributed by atoms with Crippen molar-refractivity contribution in [1.82, 2.24) is 5.01 Å². The van der Waals surface area contributed by atoms with Crippen LogP contribution < -0.4 is 11.6 Å². The van der Waals surface area contributed by atoms with Gasteiger partial charge in [0.15, 0.2) is 0 Å². The van der Waals surface area contributed by atoms with Gasteiger partial charge in [-0.05, 0) is 59.1 Å². The lowest BCUT2D eigenvalue weighted by atomic mass is 9.94. The molecule has 9 nitrogen and oxygen atoms in total. The predicted molar refractivity (Wildman–Crippen MR) is 171 cm³/mol. The van der Waals surface area contributed by atoms with Gasteiger partial charge in [0.2, 0.25) is 0 Å². The third-order valence-corrected chi connectivity index (χ3v) is 8.37. The summed E-state index contributed by atoms with van der Waals surface area (Å²) in [5.74, 6) is 5.97. The van der Waals surface area contributed by atoms with Crippen LogP contribution in [0.15, 0.2) is 109 Å². The van der Waals surface area contributed by atoms with Gasteiger partial charge in [0.1, 0.15) is 6.61 Å². The molecule has 4 atom stereocenters. The summed E-state index contributed by atoms with van der Waals surface area (Å²) in [5.41, 5.74) is 12.2. The zero-order chi connectivity index (χ0) is 31.8. The quantitative estimate of drug-likeness (QED) is 0.0581. The molecule has 0 aliphatic heterocycles. The molecule has 0 spiro atoms. The van der Waals surface area contributed by atoms with Crippen molar-refractivity contribution in [2.24, 2.45) is 11.6 Å². The van der Waals surface area contributed by atoms with Crippen molar-refractivity contribution in [2.75, 3.05) is 6.61 Å². The van der Waals surface area contributed by atoms with Gasteiger partial charge in [0.05, 0.1) is 18.2 Å². The molecule has 9 heteroatoms. The lowest BCUT2D eigenvalue weighted by Crippen LogP contribution is -2.53. The van der Waals surface area contributed by atoms with Gasteiger partial charge in [-0.25, -0.2) is 20.4 Å². The second kappa shape index (κ2) is 15.0. The predicted octanol–water partition coefficient (Wildman–Crippen LogP) is 4.93. The fourth-order valence-corrected chi connectivity index (χ4v) is 5.93. The molecule has 0 saturated heterocycles. The highest BCUT2D eigenvalue weighted by Gasteiger charge is 2.33. The Labute approximate surface area is 263 Å². The van der Waals surface area contributed by atoms with Crippen molar-refractivity contribution >= 4 is 12.2 Å². The zero-order valence-corrected chi connectivity index (χ0v) is 24.9. The maximum atomic E-state index is 13.0. The molecule has 6 N–H and O–H groups in total. The van der Waals surface area contributed by atoms with Gasteiger partial charge in [0, 0.05) is 12.0 Å². The topological polar surface area (TPSA) is 148 Å². The second-order valence-corrected chi connectivity index (χ2v) is 11.4. The lowest BCUT2D eigenvalue weighted by Gasteiger charge is -2.31. The number of aliphatic hydroxyl groups is 2. The molecule has 0 radical (unpaired) electrons. The molecule has 1 aliphatic rings. The van der Waals surface area contributed by atoms with E-state index >= 15 is 0 Å². The van der Waals surface area contributed by atoms with Crippen LogP contribution in [0.5, 0.6) is 0 Å². The van der Waals surface area contributed by atoms with Crippen LogP contribution in [0.4, 0.5) is 9.59 Å². The first-order chi connectivity index (χ1) is 21.8. The summed E-state index contributed by atoms with van der Waals surface area (Å²) in [7, 11) is 0. The average molecular weight is 610 g/mol. The van der Waals surface area contributed by atoms with Crippen molar-refractivity contribution in [2.45, 2.75) is 55.9 Å². The van der Waals surface area contributed by atoms with Gasteiger partial charge < -0.3 is 25.4 Å². The van der Waals surface area contributed by atoms with Crippen LogP contribution in [0.1, 0.15) is 41.0 Å². The number of aliphatic hydroxyl groups excluding tert-OH is 2. The summed E-state index contributed by atoms with van der Waals surface area (Å²) in [4.78, 5) is 25.7. The Morgan fingerprint density at radius 1 is 0.711 bits per heavy atom. The van der Waals surface area contributed by atoms with Crippen LogP contribution in [0, 0.1) is 0 Å². The minimum absolute atomic E-state index is 0.0259. The average Bonchev–Trinajstić information content (AvgIpc) is 3.39. The van der Waals surface area contributed by atoms with Gasteiger partial charge in [-0.3, -0.25) is 0 Å². The van der Waals surface area contributed by atoms with Crippen molar-refractivity contribution in [1.29, 1.82) is 0 Å². The van der Waals surface area contributed by atoms with Crippen LogP contribution in [0.3, 0.4) is 0 Å². The van der Waals surface area contributed by atoms with E-state index in [2.05, 4.69) is 0 Å². The van der Waals surface area contributed by atoms with E-state index in [4.69, 9.17) is 21.1 Å². The van der Waals surface area contributed by atoms with Gasteiger partial charge in [-0.2, -0.15) is 0 Å². The number of carbonyl (C=O) groups is 2. The molecule has 1 amide bonds. The standard InChI is InChI=1S/C36H39N3O6/c37-31(21-24-11-3-1-4-12-24)33(40)19-20-34(41)32(22-25-13-5-2-6-14-25)39(38)35(42)45-36(43)44-23-30-28-17-9-7-15-26(28)27-16-8-10-18-29(27)30/h1-18,30-34,40-41H,19-23,37-38H2. The number of rotatable bonds is 12. The Balaban J connectivity index is 1.19. The van der Waals surface area contributed by atoms with E-state index in [0.717, 1.165) is 38.4 Å². The number of ether oxygens (including phenoxy) is 2. The molecule has 1 aliphatic carbocycles. The van der Waals surface area contributed by atoms with Crippen LogP contribution in [-0.2, 0) is 22.3 Å². The number of carbonyl (C=O) groups excluding carboxylic acids is 2. The number of nitrogens with two attached hydrogens (primary N) is 2. The van der Waals surface area contributed by atoms with Crippen molar-refractivity contribution in [3.05, 3.63) is 131 Å². The Morgan fingerprint density at radius 3 is 1.78 bits per heavy atom. The number of fused-ring (bicyclic) bond motifs is 3. The minimum Gasteiger partial charge on any atom is -0.433 e. The van der Waals surface area contributed by atoms with Crippen LogP contribution in [0.2, 0.25) is 0 Å². The Morgan fingerprint density at radius 2 is 1.20 bits per heavy atom. The maximum absolute atomic E-state index is 13.0. The fourth-order valence-electron chi connectivity index (χ4n) is 5.93. The monoisotopic (exact) mass is 609 g/mol. The van der Waals surface area contributed by atoms with Gasteiger partial charge in [-0.15, -0.1) is 0 Å². The molecule has 0 saturated carbocycles. The van der Waals surface area contributed by atoms with Gasteiger partial charge in [-0.1, -0.05) is 109 Å². The highest BCUT2D eigenvalue weighted by atomic mass is 16.7. The molecule has 0 bridgehead atoms. The molecular weight excluding hydrogens is 570 g/mol. The van der Waals surface area contributed by atoms with Gasteiger partial charge in [0.25, 0.3) is 0 Å². The molecule has 4 unspecified atom stereocenters. The lowest BCUT2D eigenvalue weighted by molar-refractivity contribution is 0.0161. The first-order valence-electron chi connectivity index (χ1n) is 15.1. The molecule has 4 aromatic carbocycles. The van der Waals surface area contributed by atoms with E-state index in [9.17, 15) is 19.8 Å². The number of hydrazine groups is 1. The first kappa shape index (κ1) is 31.9. The molecule has 0 heterocycles. The van der Waals surface area contributed by atoms with Crippen molar-refractivity contribution in [3.8, 4) is 11.1 Å². The fraction of sp³-hybridized carbons (Fsp3) is 0.278. The van der Waals surface area contributed by atoms with E-state index in [0.29, 0.717) is 6.42 Å². The molecule has 45 heavy (non-hydrogen) atoms. The van der Waals surface area contributed by atoms with Crippen molar-refractivity contribution in [3.63, 3.8) is 0 Å². The smallest absolute Gasteiger partial charge is 0.433 e. The summed E-state index contributed by atoms with van der Waals surface area (Å²) in [6.07, 6.45) is -3.45. The number of benzene rings is 4. The summed E-state index contributed by atoms with van der Waals surface area (Å²) in [6, 6.07) is 33.1. The largest absolute Gasteiger partial charge is 0.517 e. The number of hydrogen-bond donors (Lipinski definition) is 4. The normalized spacial score (nSPS) is 14.8. The second-order valence-electron chi connectivity index (χ2n) is 11.4.